The second-order valence-electron chi connectivity index (χ2n) is 6.40. The van der Waals surface area contributed by atoms with E-state index in [0.29, 0.717) is 6.42 Å². The first-order chi connectivity index (χ1) is 9.42. The number of alkyl carbamates (subject to hydrolysis) is 1. The van der Waals surface area contributed by atoms with Crippen LogP contribution in [-0.2, 0) is 14.3 Å². The number of ether oxygens (including phenoxy) is 1. The van der Waals surface area contributed by atoms with Gasteiger partial charge in [-0.15, -0.1) is 0 Å². The molecule has 0 saturated heterocycles. The quantitative estimate of drug-likeness (QED) is 0.690. The van der Waals surface area contributed by atoms with Gasteiger partial charge in [0.2, 0.25) is 5.91 Å². The van der Waals surface area contributed by atoms with Gasteiger partial charge in [0.05, 0.1) is 0 Å². The molecular weight excluding hydrogens is 276 g/mol. The lowest BCUT2D eigenvalue weighted by Crippen LogP contribution is -2.51. The third kappa shape index (κ3) is 8.88. The van der Waals surface area contributed by atoms with E-state index in [4.69, 9.17) is 9.84 Å². The van der Waals surface area contributed by atoms with Crippen molar-refractivity contribution in [3.63, 3.8) is 0 Å². The van der Waals surface area contributed by atoms with Crippen molar-refractivity contribution in [1.29, 1.82) is 0 Å². The minimum Gasteiger partial charge on any atom is -0.480 e. The SMILES string of the molecule is CC(C)C[C@H](NC(=O)C(C)NC(=O)OC(C)(C)C)C(=O)O. The molecule has 21 heavy (non-hydrogen) atoms. The smallest absolute Gasteiger partial charge is 0.408 e. The van der Waals surface area contributed by atoms with E-state index in [9.17, 15) is 14.4 Å². The number of carboxylic acids is 1. The average Bonchev–Trinajstić information content (AvgIpc) is 2.24. The molecular formula is C14H26N2O5. The summed E-state index contributed by atoms with van der Waals surface area (Å²) in [4.78, 5) is 34.5. The van der Waals surface area contributed by atoms with Crippen molar-refractivity contribution in [3.8, 4) is 0 Å². The van der Waals surface area contributed by atoms with Crippen LogP contribution >= 0.6 is 0 Å². The highest BCUT2D eigenvalue weighted by molar-refractivity contribution is 5.88. The largest absolute Gasteiger partial charge is 0.480 e. The number of nitrogens with one attached hydrogen (secondary N) is 2. The molecule has 122 valence electrons. The van der Waals surface area contributed by atoms with E-state index in [2.05, 4.69) is 10.6 Å². The van der Waals surface area contributed by atoms with Crippen LogP contribution in [-0.4, -0.2) is 40.8 Å². The molecule has 7 heteroatoms. The lowest BCUT2D eigenvalue weighted by molar-refractivity contribution is -0.142. The zero-order valence-electron chi connectivity index (χ0n) is 13.5. The Morgan fingerprint density at radius 1 is 1.10 bits per heavy atom. The van der Waals surface area contributed by atoms with E-state index in [0.717, 1.165) is 0 Å². The van der Waals surface area contributed by atoms with Gasteiger partial charge in [-0.25, -0.2) is 9.59 Å². The first-order valence-corrected chi connectivity index (χ1v) is 6.95. The zero-order chi connectivity index (χ0) is 16.8. The van der Waals surface area contributed by atoms with Gasteiger partial charge in [-0.3, -0.25) is 4.79 Å². The molecule has 0 rings (SSSR count). The van der Waals surface area contributed by atoms with Gasteiger partial charge in [0.15, 0.2) is 0 Å². The van der Waals surface area contributed by atoms with Crippen LogP contribution in [0.25, 0.3) is 0 Å². The van der Waals surface area contributed by atoms with Gasteiger partial charge in [-0.2, -0.15) is 0 Å². The molecule has 3 N–H and O–H groups in total. The summed E-state index contributed by atoms with van der Waals surface area (Å²) in [5, 5.41) is 13.8. The zero-order valence-corrected chi connectivity index (χ0v) is 13.5. The Bertz CT molecular complexity index is 387. The molecule has 0 aliphatic carbocycles. The van der Waals surface area contributed by atoms with Gasteiger partial charge in [0, 0.05) is 0 Å². The molecule has 0 spiro atoms. The van der Waals surface area contributed by atoms with Crippen molar-refractivity contribution in [1.82, 2.24) is 10.6 Å². The Labute approximate surface area is 125 Å². The summed E-state index contributed by atoms with van der Waals surface area (Å²) in [6, 6.07) is -1.85. The topological polar surface area (TPSA) is 105 Å². The number of hydrogen-bond donors (Lipinski definition) is 3. The Morgan fingerprint density at radius 2 is 1.62 bits per heavy atom. The fourth-order valence-corrected chi connectivity index (χ4v) is 1.54. The summed E-state index contributed by atoms with van der Waals surface area (Å²) in [6.45, 7) is 10.3. The van der Waals surface area contributed by atoms with E-state index in [-0.39, 0.29) is 5.92 Å². The number of rotatable bonds is 6. The molecule has 7 nitrogen and oxygen atoms in total. The molecule has 0 heterocycles. The molecule has 0 aliphatic heterocycles. The highest BCUT2D eigenvalue weighted by atomic mass is 16.6. The van der Waals surface area contributed by atoms with Crippen LogP contribution in [0.4, 0.5) is 4.79 Å². The Balaban J connectivity index is 4.49. The third-order valence-electron chi connectivity index (χ3n) is 2.45. The van der Waals surface area contributed by atoms with Crippen LogP contribution in [0.2, 0.25) is 0 Å². The molecule has 0 aliphatic rings. The van der Waals surface area contributed by atoms with Crippen molar-refractivity contribution in [2.75, 3.05) is 0 Å². The van der Waals surface area contributed by atoms with Crippen molar-refractivity contribution < 1.29 is 24.2 Å². The number of hydrogen-bond acceptors (Lipinski definition) is 4. The van der Waals surface area contributed by atoms with Gasteiger partial charge >= 0.3 is 12.1 Å². The highest BCUT2D eigenvalue weighted by Gasteiger charge is 2.25. The van der Waals surface area contributed by atoms with E-state index in [1.165, 1.54) is 6.92 Å². The summed E-state index contributed by atoms with van der Waals surface area (Å²) in [7, 11) is 0. The fourth-order valence-electron chi connectivity index (χ4n) is 1.54. The molecule has 0 aromatic rings. The molecule has 0 radical (unpaired) electrons. The second kappa shape index (κ2) is 7.85. The van der Waals surface area contributed by atoms with Crippen molar-refractivity contribution in [3.05, 3.63) is 0 Å². The van der Waals surface area contributed by atoms with Crippen molar-refractivity contribution in [2.24, 2.45) is 5.92 Å². The predicted molar refractivity (Wildman–Crippen MR) is 77.9 cm³/mol. The monoisotopic (exact) mass is 302 g/mol. The van der Waals surface area contributed by atoms with Crippen molar-refractivity contribution in [2.45, 2.75) is 65.6 Å². The van der Waals surface area contributed by atoms with Crippen molar-refractivity contribution >= 4 is 18.0 Å². The van der Waals surface area contributed by atoms with Gasteiger partial charge in [0.25, 0.3) is 0 Å². The highest BCUT2D eigenvalue weighted by Crippen LogP contribution is 2.07. The number of carboxylic acid groups (broad SMARTS) is 1. The van der Waals surface area contributed by atoms with E-state index in [1.54, 1.807) is 20.8 Å². The predicted octanol–water partition coefficient (Wildman–Crippen LogP) is 1.52. The lowest BCUT2D eigenvalue weighted by atomic mass is 10.0. The molecule has 0 fully saturated rings. The van der Waals surface area contributed by atoms with Crippen LogP contribution in [0.1, 0.15) is 48.0 Å². The maximum Gasteiger partial charge on any atom is 0.408 e. The van der Waals surface area contributed by atoms with Crippen LogP contribution < -0.4 is 10.6 Å². The molecule has 2 amide bonds. The van der Waals surface area contributed by atoms with E-state index in [1.807, 2.05) is 13.8 Å². The number of carbonyl (C=O) groups is 3. The standard InChI is InChI=1S/C14H26N2O5/c1-8(2)7-10(12(18)19)16-11(17)9(3)15-13(20)21-14(4,5)6/h8-10H,7H2,1-6H3,(H,15,20)(H,16,17)(H,18,19)/t9?,10-/m0/s1. The molecule has 0 saturated carbocycles. The van der Waals surface area contributed by atoms with Crippen LogP contribution in [0.15, 0.2) is 0 Å². The second-order valence-corrected chi connectivity index (χ2v) is 6.40. The first kappa shape index (κ1) is 19.2. The fraction of sp³-hybridized carbons (Fsp3) is 0.786. The average molecular weight is 302 g/mol. The number of aliphatic carboxylic acids is 1. The Morgan fingerprint density at radius 3 is 2.00 bits per heavy atom. The summed E-state index contributed by atoms with van der Waals surface area (Å²) in [5.74, 6) is -1.53. The summed E-state index contributed by atoms with van der Waals surface area (Å²) >= 11 is 0. The summed E-state index contributed by atoms with van der Waals surface area (Å²) < 4.78 is 5.03. The van der Waals surface area contributed by atoms with Gasteiger partial charge in [-0.1, -0.05) is 13.8 Å². The molecule has 0 aromatic carbocycles. The molecule has 1 unspecified atom stereocenters. The van der Waals surface area contributed by atoms with Crippen LogP contribution in [0.5, 0.6) is 0 Å². The third-order valence-corrected chi connectivity index (χ3v) is 2.45. The number of amides is 2. The normalized spacial score (nSPS) is 14.2. The van der Waals surface area contributed by atoms with Gasteiger partial charge in [-0.05, 0) is 40.0 Å². The van der Waals surface area contributed by atoms with Crippen LogP contribution in [0, 0.1) is 5.92 Å². The Kier molecular flexibility index (Phi) is 7.18. The van der Waals surface area contributed by atoms with Gasteiger partial charge in [0.1, 0.15) is 17.7 Å². The minimum absolute atomic E-state index is 0.125. The molecule has 0 bridgehead atoms. The first-order valence-electron chi connectivity index (χ1n) is 6.95. The molecule has 2 atom stereocenters. The number of carbonyl (C=O) groups excluding carboxylic acids is 2. The summed E-state index contributed by atoms with van der Waals surface area (Å²) in [6.07, 6.45) is -0.402. The Hall–Kier alpha value is -1.79. The minimum atomic E-state index is -1.10. The van der Waals surface area contributed by atoms with Crippen LogP contribution in [0.3, 0.4) is 0 Å². The van der Waals surface area contributed by atoms with Gasteiger partial charge < -0.3 is 20.5 Å². The van der Waals surface area contributed by atoms with E-state index < -0.39 is 35.7 Å². The summed E-state index contributed by atoms with van der Waals surface area (Å²) in [5.41, 5.74) is -0.665. The maximum atomic E-state index is 11.9. The van der Waals surface area contributed by atoms with E-state index >= 15 is 0 Å². The lowest BCUT2D eigenvalue weighted by Gasteiger charge is -2.23. The molecule has 0 aromatic heterocycles. The maximum absolute atomic E-state index is 11.9.